The van der Waals surface area contributed by atoms with E-state index >= 15 is 0 Å². The first kappa shape index (κ1) is 12.9. The van der Waals surface area contributed by atoms with Crippen LogP contribution in [0.3, 0.4) is 0 Å². The number of anilines is 1. The number of hydrogen-bond acceptors (Lipinski definition) is 3. The van der Waals surface area contributed by atoms with E-state index in [1.807, 2.05) is 24.3 Å². The Morgan fingerprint density at radius 2 is 2.35 bits per heavy atom. The molecule has 2 N–H and O–H groups in total. The normalized spacial score (nSPS) is 29.5. The fourth-order valence-electron chi connectivity index (χ4n) is 2.54. The zero-order valence-corrected chi connectivity index (χ0v) is 11.9. The summed E-state index contributed by atoms with van der Waals surface area (Å²) in [6, 6.07) is 8.58. The van der Waals surface area contributed by atoms with Gasteiger partial charge in [-0.2, -0.15) is 0 Å². The third-order valence-corrected chi connectivity index (χ3v) is 4.02. The van der Waals surface area contributed by atoms with E-state index in [0.717, 1.165) is 23.1 Å². The molecule has 1 aromatic carbocycles. The van der Waals surface area contributed by atoms with Crippen LogP contribution in [0.1, 0.15) is 13.3 Å². The molecule has 0 aliphatic carbocycles. The first-order chi connectivity index (χ1) is 8.04. The number of likely N-dealkylation sites (tertiary alicyclic amines) is 1. The second-order valence-corrected chi connectivity index (χ2v) is 5.96. The van der Waals surface area contributed by atoms with Crippen LogP contribution in [-0.2, 0) is 0 Å². The van der Waals surface area contributed by atoms with E-state index in [1.165, 1.54) is 0 Å². The molecule has 1 aromatic rings. The predicted molar refractivity (Wildman–Crippen MR) is 74.3 cm³/mol. The van der Waals surface area contributed by atoms with Crippen LogP contribution in [0.25, 0.3) is 0 Å². The topological polar surface area (TPSA) is 35.5 Å². The lowest BCUT2D eigenvalue weighted by molar-refractivity contribution is 0.212. The Labute approximate surface area is 111 Å². The first-order valence-corrected chi connectivity index (χ1v) is 6.69. The van der Waals surface area contributed by atoms with E-state index in [1.54, 1.807) is 0 Å². The lowest BCUT2D eigenvalue weighted by Gasteiger charge is -2.29. The van der Waals surface area contributed by atoms with Crippen molar-refractivity contribution in [1.82, 2.24) is 4.90 Å². The van der Waals surface area contributed by atoms with Crippen molar-refractivity contribution < 1.29 is 5.11 Å². The molecule has 0 aromatic heterocycles. The van der Waals surface area contributed by atoms with E-state index in [4.69, 9.17) is 0 Å². The van der Waals surface area contributed by atoms with Crippen molar-refractivity contribution >= 4 is 21.6 Å². The number of aliphatic hydroxyl groups excluding tert-OH is 1. The maximum atomic E-state index is 9.68. The molecular weight excluding hydrogens is 280 g/mol. The molecule has 1 heterocycles. The summed E-state index contributed by atoms with van der Waals surface area (Å²) >= 11 is 3.46. The van der Waals surface area contributed by atoms with E-state index < -0.39 is 0 Å². The maximum absolute atomic E-state index is 9.68. The summed E-state index contributed by atoms with van der Waals surface area (Å²) in [5, 5.41) is 13.2. The molecule has 4 heteroatoms. The summed E-state index contributed by atoms with van der Waals surface area (Å²) in [6.07, 6.45) is 0.965. The van der Waals surface area contributed by atoms with Crippen LogP contribution in [0.5, 0.6) is 0 Å². The molecule has 94 valence electrons. The minimum Gasteiger partial charge on any atom is -0.394 e. The zero-order valence-electron chi connectivity index (χ0n) is 10.3. The van der Waals surface area contributed by atoms with Crippen LogP contribution in [0.4, 0.5) is 5.69 Å². The average Bonchev–Trinajstić information content (AvgIpc) is 2.55. The Balaban J connectivity index is 2.16. The van der Waals surface area contributed by atoms with Crippen molar-refractivity contribution in [3.8, 4) is 0 Å². The lowest BCUT2D eigenvalue weighted by atomic mass is 9.97. The Morgan fingerprint density at radius 3 is 2.88 bits per heavy atom. The number of nitrogens with zero attached hydrogens (tertiary/aromatic N) is 1. The number of hydrogen-bond donors (Lipinski definition) is 2. The molecular formula is C13H19BrN2O. The first-order valence-electron chi connectivity index (χ1n) is 5.89. The van der Waals surface area contributed by atoms with Gasteiger partial charge in [0.05, 0.1) is 12.1 Å². The summed E-state index contributed by atoms with van der Waals surface area (Å²) in [4.78, 5) is 2.28. The highest BCUT2D eigenvalue weighted by atomic mass is 79.9. The molecule has 2 unspecified atom stereocenters. The zero-order chi connectivity index (χ0) is 12.5. The van der Waals surface area contributed by atoms with Gasteiger partial charge in [0.1, 0.15) is 0 Å². The molecule has 3 nitrogen and oxygen atoms in total. The highest BCUT2D eigenvalue weighted by Gasteiger charge is 2.40. The van der Waals surface area contributed by atoms with Gasteiger partial charge in [-0.1, -0.05) is 22.0 Å². The Hall–Kier alpha value is -0.580. The summed E-state index contributed by atoms with van der Waals surface area (Å²) in [5.74, 6) is 0. The Bertz CT molecular complexity index is 387. The molecule has 17 heavy (non-hydrogen) atoms. The number of benzene rings is 1. The summed E-state index contributed by atoms with van der Waals surface area (Å²) in [6.45, 7) is 3.23. The van der Waals surface area contributed by atoms with E-state index in [9.17, 15) is 5.11 Å². The van der Waals surface area contributed by atoms with Crippen molar-refractivity contribution in [2.75, 3.05) is 25.5 Å². The van der Waals surface area contributed by atoms with E-state index in [0.29, 0.717) is 6.04 Å². The van der Waals surface area contributed by atoms with Gasteiger partial charge in [-0.15, -0.1) is 0 Å². The van der Waals surface area contributed by atoms with Crippen molar-refractivity contribution in [3.63, 3.8) is 0 Å². The van der Waals surface area contributed by atoms with Gasteiger partial charge in [0, 0.05) is 22.7 Å². The van der Waals surface area contributed by atoms with Crippen molar-refractivity contribution in [1.29, 1.82) is 0 Å². The number of aliphatic hydroxyl groups is 1. The number of rotatable bonds is 3. The van der Waals surface area contributed by atoms with Crippen LogP contribution in [-0.4, -0.2) is 41.8 Å². The SMILES string of the molecule is CC1CC(CO)(Nc2cccc(Br)c2)CN1C. The highest BCUT2D eigenvalue weighted by Crippen LogP contribution is 2.30. The number of likely N-dealkylation sites (N-methyl/N-ethyl adjacent to an activating group) is 1. The van der Waals surface area contributed by atoms with Crippen molar-refractivity contribution in [3.05, 3.63) is 28.7 Å². The second-order valence-electron chi connectivity index (χ2n) is 5.04. The molecule has 2 rings (SSSR count). The molecule has 0 bridgehead atoms. The third-order valence-electron chi connectivity index (χ3n) is 3.53. The summed E-state index contributed by atoms with van der Waals surface area (Å²) in [7, 11) is 2.10. The molecule has 0 radical (unpaired) electrons. The minimum absolute atomic E-state index is 0.161. The lowest BCUT2D eigenvalue weighted by Crippen LogP contribution is -2.44. The van der Waals surface area contributed by atoms with Gasteiger partial charge < -0.3 is 15.3 Å². The average molecular weight is 299 g/mol. The van der Waals surface area contributed by atoms with Gasteiger partial charge in [-0.3, -0.25) is 0 Å². The number of halogens is 1. The maximum Gasteiger partial charge on any atom is 0.0745 e. The Morgan fingerprint density at radius 1 is 1.59 bits per heavy atom. The minimum atomic E-state index is -0.213. The smallest absolute Gasteiger partial charge is 0.0745 e. The van der Waals surface area contributed by atoms with Gasteiger partial charge in [0.2, 0.25) is 0 Å². The van der Waals surface area contributed by atoms with Crippen LogP contribution in [0, 0.1) is 0 Å². The Kier molecular flexibility index (Phi) is 3.76. The molecule has 2 atom stereocenters. The molecule has 0 saturated carbocycles. The largest absolute Gasteiger partial charge is 0.394 e. The molecule has 1 fully saturated rings. The van der Waals surface area contributed by atoms with Crippen LogP contribution < -0.4 is 5.32 Å². The van der Waals surface area contributed by atoms with Gasteiger partial charge >= 0.3 is 0 Å². The van der Waals surface area contributed by atoms with Crippen molar-refractivity contribution in [2.24, 2.45) is 0 Å². The molecule has 1 aliphatic heterocycles. The van der Waals surface area contributed by atoms with E-state index in [2.05, 4.69) is 40.1 Å². The molecule has 1 saturated heterocycles. The van der Waals surface area contributed by atoms with Crippen LogP contribution in [0.15, 0.2) is 28.7 Å². The summed E-state index contributed by atoms with van der Waals surface area (Å²) < 4.78 is 1.05. The molecule has 0 amide bonds. The monoisotopic (exact) mass is 298 g/mol. The standard InChI is InChI=1S/C13H19BrN2O/c1-10-7-13(9-17,8-16(10)2)15-12-5-3-4-11(14)6-12/h3-6,10,15,17H,7-9H2,1-2H3. The quantitative estimate of drug-likeness (QED) is 0.899. The summed E-state index contributed by atoms with van der Waals surface area (Å²) in [5.41, 5.74) is 0.838. The highest BCUT2D eigenvalue weighted by molar-refractivity contribution is 9.10. The third kappa shape index (κ3) is 2.81. The van der Waals surface area contributed by atoms with Gasteiger partial charge in [-0.05, 0) is 38.6 Å². The van der Waals surface area contributed by atoms with E-state index in [-0.39, 0.29) is 12.1 Å². The second kappa shape index (κ2) is 4.96. The fourth-order valence-corrected chi connectivity index (χ4v) is 2.94. The number of nitrogens with one attached hydrogen (secondary N) is 1. The molecule has 1 aliphatic rings. The van der Waals surface area contributed by atoms with Crippen LogP contribution >= 0.6 is 15.9 Å². The predicted octanol–water partition coefficient (Wildman–Crippen LogP) is 2.32. The van der Waals surface area contributed by atoms with Crippen LogP contribution in [0.2, 0.25) is 0 Å². The van der Waals surface area contributed by atoms with Crippen molar-refractivity contribution in [2.45, 2.75) is 24.9 Å². The van der Waals surface area contributed by atoms with Gasteiger partial charge in [0.25, 0.3) is 0 Å². The fraction of sp³-hybridized carbons (Fsp3) is 0.538. The van der Waals surface area contributed by atoms with Gasteiger partial charge in [0.15, 0.2) is 0 Å². The molecule has 0 spiro atoms. The van der Waals surface area contributed by atoms with Gasteiger partial charge in [-0.25, -0.2) is 0 Å².